The van der Waals surface area contributed by atoms with Gasteiger partial charge in [0.1, 0.15) is 0 Å². The lowest BCUT2D eigenvalue weighted by molar-refractivity contribution is -0.120. The topological polar surface area (TPSA) is 29.1 Å². The minimum Gasteiger partial charge on any atom is -0.353 e. The summed E-state index contributed by atoms with van der Waals surface area (Å²) in [5, 5.41) is 3.08. The summed E-state index contributed by atoms with van der Waals surface area (Å²) in [6.07, 6.45) is 3.75. The highest BCUT2D eigenvalue weighted by Crippen LogP contribution is 2.33. The van der Waals surface area contributed by atoms with Crippen LogP contribution in [-0.2, 0) is 4.79 Å². The standard InChI is InChI=1S/C12H23NO/c1-8(2)11-6-5-9(3)12(7-11)13-10(4)14/h8-9,11-12H,5-7H2,1-4H3,(H,13,14)/t9?,11-,12-/m0/s1. The number of carbonyl (C=O) groups is 1. The Hall–Kier alpha value is -0.530. The molecule has 0 aliphatic heterocycles. The van der Waals surface area contributed by atoms with Crippen molar-refractivity contribution in [3.63, 3.8) is 0 Å². The fraction of sp³-hybridized carbons (Fsp3) is 0.917. The number of rotatable bonds is 2. The number of carbonyl (C=O) groups excluding carboxylic acids is 1. The van der Waals surface area contributed by atoms with Gasteiger partial charge in [0, 0.05) is 13.0 Å². The van der Waals surface area contributed by atoms with Crippen molar-refractivity contribution < 1.29 is 4.79 Å². The van der Waals surface area contributed by atoms with Crippen molar-refractivity contribution in [2.45, 2.75) is 53.0 Å². The summed E-state index contributed by atoms with van der Waals surface area (Å²) in [6.45, 7) is 8.43. The molecule has 1 aliphatic carbocycles. The predicted octanol–water partition coefficient (Wildman–Crippen LogP) is 2.58. The fourth-order valence-electron chi connectivity index (χ4n) is 2.42. The van der Waals surface area contributed by atoms with Gasteiger partial charge in [-0.2, -0.15) is 0 Å². The van der Waals surface area contributed by atoms with E-state index in [0.717, 1.165) is 11.8 Å². The molecule has 0 radical (unpaired) electrons. The molecule has 3 atom stereocenters. The molecule has 1 N–H and O–H groups in total. The summed E-state index contributed by atoms with van der Waals surface area (Å²) in [5.41, 5.74) is 0. The lowest BCUT2D eigenvalue weighted by Crippen LogP contribution is -2.43. The van der Waals surface area contributed by atoms with E-state index >= 15 is 0 Å². The zero-order valence-corrected chi connectivity index (χ0v) is 9.84. The van der Waals surface area contributed by atoms with Crippen molar-refractivity contribution in [2.24, 2.45) is 17.8 Å². The van der Waals surface area contributed by atoms with Crippen LogP contribution in [0.3, 0.4) is 0 Å². The van der Waals surface area contributed by atoms with Crippen LogP contribution in [0.15, 0.2) is 0 Å². The second kappa shape index (κ2) is 4.81. The van der Waals surface area contributed by atoms with Crippen LogP contribution < -0.4 is 5.32 Å². The molecule has 82 valence electrons. The molecule has 0 aromatic rings. The van der Waals surface area contributed by atoms with Crippen molar-refractivity contribution in [1.82, 2.24) is 5.32 Å². The average molecular weight is 197 g/mol. The van der Waals surface area contributed by atoms with E-state index in [0.29, 0.717) is 12.0 Å². The third-order valence-corrected chi connectivity index (χ3v) is 3.57. The van der Waals surface area contributed by atoms with Crippen LogP contribution in [0.1, 0.15) is 47.0 Å². The molecule has 0 bridgehead atoms. The molecule has 1 amide bonds. The van der Waals surface area contributed by atoms with Gasteiger partial charge in [-0.3, -0.25) is 4.79 Å². The molecule has 0 aromatic heterocycles. The van der Waals surface area contributed by atoms with Crippen LogP contribution in [-0.4, -0.2) is 11.9 Å². The monoisotopic (exact) mass is 197 g/mol. The molecule has 0 spiro atoms. The molecule has 14 heavy (non-hydrogen) atoms. The van der Waals surface area contributed by atoms with Gasteiger partial charge in [-0.05, 0) is 37.0 Å². The van der Waals surface area contributed by atoms with Crippen LogP contribution in [0.2, 0.25) is 0 Å². The molecule has 1 rings (SSSR count). The maximum atomic E-state index is 11.0. The molecule has 1 aliphatic rings. The van der Waals surface area contributed by atoms with Gasteiger partial charge in [-0.15, -0.1) is 0 Å². The Balaban J connectivity index is 2.50. The summed E-state index contributed by atoms with van der Waals surface area (Å²) in [5.74, 6) is 2.31. The number of hydrogen-bond acceptors (Lipinski definition) is 1. The van der Waals surface area contributed by atoms with E-state index in [-0.39, 0.29) is 5.91 Å². The van der Waals surface area contributed by atoms with E-state index in [1.807, 2.05) is 0 Å². The van der Waals surface area contributed by atoms with E-state index in [4.69, 9.17) is 0 Å². The van der Waals surface area contributed by atoms with Gasteiger partial charge in [0.15, 0.2) is 0 Å². The highest BCUT2D eigenvalue weighted by atomic mass is 16.1. The van der Waals surface area contributed by atoms with Gasteiger partial charge in [-0.1, -0.05) is 20.8 Å². The molecule has 1 fully saturated rings. The van der Waals surface area contributed by atoms with Gasteiger partial charge in [0.25, 0.3) is 0 Å². The number of hydrogen-bond donors (Lipinski definition) is 1. The second-order valence-electron chi connectivity index (χ2n) is 5.10. The molecule has 0 aromatic carbocycles. The Kier molecular flexibility index (Phi) is 3.97. The molecule has 0 saturated heterocycles. The SMILES string of the molecule is CC(=O)N[C@H]1C[C@@H](C(C)C)CCC1C. The van der Waals surface area contributed by atoms with Gasteiger partial charge < -0.3 is 5.32 Å². The largest absolute Gasteiger partial charge is 0.353 e. The van der Waals surface area contributed by atoms with Gasteiger partial charge in [-0.25, -0.2) is 0 Å². The van der Waals surface area contributed by atoms with Gasteiger partial charge in [0.05, 0.1) is 0 Å². The first-order chi connectivity index (χ1) is 6.50. The average Bonchev–Trinajstić information content (AvgIpc) is 2.07. The van der Waals surface area contributed by atoms with E-state index in [1.165, 1.54) is 19.3 Å². The molecular weight excluding hydrogens is 174 g/mol. The van der Waals surface area contributed by atoms with Crippen LogP contribution in [0.5, 0.6) is 0 Å². The van der Waals surface area contributed by atoms with Crippen LogP contribution in [0.25, 0.3) is 0 Å². The number of nitrogens with one attached hydrogen (secondary N) is 1. The summed E-state index contributed by atoms with van der Waals surface area (Å²) >= 11 is 0. The van der Waals surface area contributed by atoms with E-state index in [1.54, 1.807) is 6.92 Å². The van der Waals surface area contributed by atoms with Crippen molar-refractivity contribution in [1.29, 1.82) is 0 Å². The Labute approximate surface area is 87.5 Å². The maximum absolute atomic E-state index is 11.0. The smallest absolute Gasteiger partial charge is 0.217 e. The van der Waals surface area contributed by atoms with Crippen LogP contribution in [0.4, 0.5) is 0 Å². The molecular formula is C12H23NO. The minimum atomic E-state index is 0.117. The zero-order chi connectivity index (χ0) is 10.7. The number of amides is 1. The highest BCUT2D eigenvalue weighted by Gasteiger charge is 2.29. The maximum Gasteiger partial charge on any atom is 0.217 e. The van der Waals surface area contributed by atoms with Gasteiger partial charge in [0.2, 0.25) is 5.91 Å². The van der Waals surface area contributed by atoms with E-state index in [9.17, 15) is 4.79 Å². The Morgan fingerprint density at radius 2 is 2.00 bits per heavy atom. The molecule has 0 heterocycles. The Morgan fingerprint density at radius 3 is 2.50 bits per heavy atom. The first-order valence-corrected chi connectivity index (χ1v) is 5.77. The van der Waals surface area contributed by atoms with Crippen molar-refractivity contribution in [2.75, 3.05) is 0 Å². The second-order valence-corrected chi connectivity index (χ2v) is 5.10. The summed E-state index contributed by atoms with van der Waals surface area (Å²) in [4.78, 5) is 11.0. The van der Waals surface area contributed by atoms with Crippen molar-refractivity contribution in [3.8, 4) is 0 Å². The quantitative estimate of drug-likeness (QED) is 0.724. The van der Waals surface area contributed by atoms with E-state index < -0.39 is 0 Å². The zero-order valence-electron chi connectivity index (χ0n) is 9.84. The normalized spacial score (nSPS) is 33.1. The third kappa shape index (κ3) is 3.00. The molecule has 1 saturated carbocycles. The fourth-order valence-corrected chi connectivity index (χ4v) is 2.42. The van der Waals surface area contributed by atoms with Crippen molar-refractivity contribution >= 4 is 5.91 Å². The van der Waals surface area contributed by atoms with Crippen LogP contribution in [0, 0.1) is 17.8 Å². The predicted molar refractivity (Wildman–Crippen MR) is 58.9 cm³/mol. The highest BCUT2D eigenvalue weighted by molar-refractivity contribution is 5.73. The first kappa shape index (κ1) is 11.5. The molecule has 2 heteroatoms. The van der Waals surface area contributed by atoms with Crippen molar-refractivity contribution in [3.05, 3.63) is 0 Å². The van der Waals surface area contributed by atoms with E-state index in [2.05, 4.69) is 26.1 Å². The molecule has 2 nitrogen and oxygen atoms in total. The first-order valence-electron chi connectivity index (χ1n) is 5.77. The molecule has 1 unspecified atom stereocenters. The lowest BCUT2D eigenvalue weighted by Gasteiger charge is -2.36. The summed E-state index contributed by atoms with van der Waals surface area (Å²) < 4.78 is 0. The van der Waals surface area contributed by atoms with Gasteiger partial charge >= 0.3 is 0 Å². The summed E-state index contributed by atoms with van der Waals surface area (Å²) in [7, 11) is 0. The summed E-state index contributed by atoms with van der Waals surface area (Å²) in [6, 6.07) is 0.411. The Bertz CT molecular complexity index is 200. The minimum absolute atomic E-state index is 0.117. The van der Waals surface area contributed by atoms with Crippen LogP contribution >= 0.6 is 0 Å². The lowest BCUT2D eigenvalue weighted by atomic mass is 9.74. The third-order valence-electron chi connectivity index (χ3n) is 3.57. The Morgan fingerprint density at radius 1 is 1.36 bits per heavy atom.